The summed E-state index contributed by atoms with van der Waals surface area (Å²) in [5, 5.41) is 6.29. The van der Waals surface area contributed by atoms with Crippen LogP contribution in [0.5, 0.6) is 0 Å². The van der Waals surface area contributed by atoms with Crippen LogP contribution < -0.4 is 10.6 Å². The van der Waals surface area contributed by atoms with Crippen LogP contribution in [0.15, 0.2) is 24.3 Å². The second-order valence-corrected chi connectivity index (χ2v) is 7.21. The number of carbonyl (C=O) groups excluding carboxylic acids is 1. The van der Waals surface area contributed by atoms with E-state index in [-0.39, 0.29) is 11.8 Å². The number of hydrogen-bond acceptors (Lipinski definition) is 3. The van der Waals surface area contributed by atoms with E-state index >= 15 is 0 Å². The largest absolute Gasteiger partial charge is 0.352 e. The number of likely N-dealkylation sites (tertiary alicyclic amines) is 1. The van der Waals surface area contributed by atoms with Gasteiger partial charge < -0.3 is 10.6 Å². The molecule has 2 unspecified atom stereocenters. The van der Waals surface area contributed by atoms with Crippen molar-refractivity contribution < 1.29 is 4.79 Å². The maximum atomic E-state index is 12.0. The smallest absolute Gasteiger partial charge is 0.224 e. The number of nitrogens with one attached hydrogen (secondary N) is 2. The Kier molecular flexibility index (Phi) is 5.68. The van der Waals surface area contributed by atoms with Crippen LogP contribution >= 0.6 is 0 Å². The molecule has 2 N–H and O–H groups in total. The van der Waals surface area contributed by atoms with E-state index in [1.165, 1.54) is 37.1 Å². The van der Waals surface area contributed by atoms with E-state index in [0.717, 1.165) is 32.0 Å². The highest BCUT2D eigenvalue weighted by molar-refractivity contribution is 5.79. The summed E-state index contributed by atoms with van der Waals surface area (Å²) in [6.45, 7) is 8.24. The van der Waals surface area contributed by atoms with Crippen molar-refractivity contribution >= 4 is 5.91 Å². The maximum Gasteiger partial charge on any atom is 0.224 e. The van der Waals surface area contributed by atoms with Crippen LogP contribution in [-0.2, 0) is 17.9 Å². The first-order chi connectivity index (χ1) is 11.2. The highest BCUT2D eigenvalue weighted by atomic mass is 16.1. The van der Waals surface area contributed by atoms with Crippen molar-refractivity contribution in [1.82, 2.24) is 15.5 Å². The second-order valence-electron chi connectivity index (χ2n) is 7.21. The number of amides is 1. The van der Waals surface area contributed by atoms with Gasteiger partial charge in [0.25, 0.3) is 0 Å². The summed E-state index contributed by atoms with van der Waals surface area (Å²) < 4.78 is 0. The fourth-order valence-corrected chi connectivity index (χ4v) is 3.66. The van der Waals surface area contributed by atoms with Gasteiger partial charge in [0.2, 0.25) is 5.91 Å². The normalized spacial score (nSPS) is 25.4. The molecule has 2 saturated heterocycles. The van der Waals surface area contributed by atoms with Crippen molar-refractivity contribution in [2.45, 2.75) is 39.3 Å². The monoisotopic (exact) mass is 315 g/mol. The van der Waals surface area contributed by atoms with Gasteiger partial charge in [-0.2, -0.15) is 0 Å². The number of piperidine rings is 1. The highest BCUT2D eigenvalue weighted by Crippen LogP contribution is 2.18. The molecule has 0 spiro atoms. The number of benzene rings is 1. The number of nitrogens with zero attached hydrogens (tertiary/aromatic N) is 1. The van der Waals surface area contributed by atoms with Gasteiger partial charge in [0.1, 0.15) is 0 Å². The summed E-state index contributed by atoms with van der Waals surface area (Å²) in [7, 11) is 0. The van der Waals surface area contributed by atoms with Crippen LogP contribution in [0.25, 0.3) is 0 Å². The van der Waals surface area contributed by atoms with Crippen molar-refractivity contribution in [1.29, 1.82) is 0 Å². The van der Waals surface area contributed by atoms with Gasteiger partial charge in [-0.05, 0) is 49.4 Å². The predicted molar refractivity (Wildman–Crippen MR) is 92.9 cm³/mol. The fourth-order valence-electron chi connectivity index (χ4n) is 3.66. The van der Waals surface area contributed by atoms with Crippen LogP contribution in [0.2, 0.25) is 0 Å². The Hall–Kier alpha value is -1.39. The van der Waals surface area contributed by atoms with Gasteiger partial charge in [0, 0.05) is 26.2 Å². The number of hydrogen-bond donors (Lipinski definition) is 2. The lowest BCUT2D eigenvalue weighted by Crippen LogP contribution is -2.33. The molecule has 1 amide bonds. The van der Waals surface area contributed by atoms with Crippen LogP contribution in [0.4, 0.5) is 0 Å². The minimum atomic E-state index is 0.148. The molecular weight excluding hydrogens is 286 g/mol. The van der Waals surface area contributed by atoms with Crippen LogP contribution in [0, 0.1) is 11.8 Å². The molecular formula is C19H29N3O. The number of rotatable bonds is 5. The molecule has 0 bridgehead atoms. The molecule has 4 nitrogen and oxygen atoms in total. The Labute approximate surface area is 139 Å². The van der Waals surface area contributed by atoms with Gasteiger partial charge in [0.05, 0.1) is 5.92 Å². The lowest BCUT2D eigenvalue weighted by atomic mass is 9.99. The molecule has 4 heteroatoms. The first-order valence-corrected chi connectivity index (χ1v) is 8.99. The molecule has 23 heavy (non-hydrogen) atoms. The lowest BCUT2D eigenvalue weighted by Gasteiger charge is -2.30. The Bertz CT molecular complexity index is 508. The number of carbonyl (C=O) groups is 1. The average Bonchev–Trinajstić information content (AvgIpc) is 3.08. The van der Waals surface area contributed by atoms with Crippen LogP contribution in [-0.4, -0.2) is 37.0 Å². The quantitative estimate of drug-likeness (QED) is 0.875. The SMILES string of the molecule is CC1CCCN(Cc2ccc(CNC(=O)C3CCNC3)cc2)C1. The van der Waals surface area contributed by atoms with Crippen molar-refractivity contribution in [2.75, 3.05) is 26.2 Å². The van der Waals surface area contributed by atoms with E-state index in [9.17, 15) is 4.79 Å². The van der Waals surface area contributed by atoms with Gasteiger partial charge in [-0.1, -0.05) is 31.2 Å². The van der Waals surface area contributed by atoms with Gasteiger partial charge in [-0.25, -0.2) is 0 Å². The zero-order valence-corrected chi connectivity index (χ0v) is 14.2. The molecule has 0 aromatic heterocycles. The van der Waals surface area contributed by atoms with Gasteiger partial charge in [0.15, 0.2) is 0 Å². The summed E-state index contributed by atoms with van der Waals surface area (Å²) in [6, 6.07) is 8.71. The molecule has 1 aromatic rings. The lowest BCUT2D eigenvalue weighted by molar-refractivity contribution is -0.124. The van der Waals surface area contributed by atoms with Crippen LogP contribution in [0.3, 0.4) is 0 Å². The molecule has 2 aliphatic heterocycles. The molecule has 1 aromatic carbocycles. The fraction of sp³-hybridized carbons (Fsp3) is 0.632. The van der Waals surface area contributed by atoms with Crippen molar-refractivity contribution in [3.05, 3.63) is 35.4 Å². The Morgan fingerprint density at radius 2 is 2.04 bits per heavy atom. The summed E-state index contributed by atoms with van der Waals surface area (Å²) in [6.07, 6.45) is 3.64. The first kappa shape index (κ1) is 16.5. The van der Waals surface area contributed by atoms with Gasteiger partial charge in [-0.15, -0.1) is 0 Å². The van der Waals surface area contributed by atoms with Gasteiger partial charge in [-0.3, -0.25) is 9.69 Å². The molecule has 2 aliphatic rings. The second kappa shape index (κ2) is 7.93. The third-order valence-corrected chi connectivity index (χ3v) is 5.07. The minimum Gasteiger partial charge on any atom is -0.352 e. The van der Waals surface area contributed by atoms with Crippen LogP contribution in [0.1, 0.15) is 37.3 Å². The Morgan fingerprint density at radius 3 is 2.74 bits per heavy atom. The van der Waals surface area contributed by atoms with E-state index in [2.05, 4.69) is 46.7 Å². The predicted octanol–water partition coefficient (Wildman–Crippen LogP) is 2.14. The molecule has 2 heterocycles. The van der Waals surface area contributed by atoms with E-state index < -0.39 is 0 Å². The summed E-state index contributed by atoms with van der Waals surface area (Å²) in [4.78, 5) is 14.6. The zero-order valence-electron chi connectivity index (χ0n) is 14.2. The molecule has 0 radical (unpaired) electrons. The van der Waals surface area contributed by atoms with E-state index in [1.54, 1.807) is 0 Å². The van der Waals surface area contributed by atoms with E-state index in [0.29, 0.717) is 6.54 Å². The molecule has 126 valence electrons. The molecule has 2 atom stereocenters. The topological polar surface area (TPSA) is 44.4 Å². The molecule has 0 aliphatic carbocycles. The molecule has 3 rings (SSSR count). The third-order valence-electron chi connectivity index (χ3n) is 5.07. The Morgan fingerprint density at radius 1 is 1.26 bits per heavy atom. The molecule has 0 saturated carbocycles. The minimum absolute atomic E-state index is 0.148. The maximum absolute atomic E-state index is 12.0. The summed E-state index contributed by atoms with van der Waals surface area (Å²) in [5.41, 5.74) is 2.55. The molecule has 2 fully saturated rings. The average molecular weight is 315 g/mol. The van der Waals surface area contributed by atoms with Crippen molar-refractivity contribution in [3.63, 3.8) is 0 Å². The van der Waals surface area contributed by atoms with Crippen molar-refractivity contribution in [2.24, 2.45) is 11.8 Å². The standard InChI is InChI=1S/C19H29N3O/c1-15-3-2-10-22(13-15)14-17-6-4-16(5-7-17)11-21-19(23)18-8-9-20-12-18/h4-7,15,18,20H,2-3,8-14H2,1H3,(H,21,23). The zero-order chi connectivity index (χ0) is 16.1. The van der Waals surface area contributed by atoms with Gasteiger partial charge >= 0.3 is 0 Å². The van der Waals surface area contributed by atoms with Crippen molar-refractivity contribution in [3.8, 4) is 0 Å². The third kappa shape index (κ3) is 4.79. The van der Waals surface area contributed by atoms with E-state index in [4.69, 9.17) is 0 Å². The van der Waals surface area contributed by atoms with E-state index in [1.807, 2.05) is 0 Å². The first-order valence-electron chi connectivity index (χ1n) is 8.99. The summed E-state index contributed by atoms with van der Waals surface area (Å²) in [5.74, 6) is 1.15. The summed E-state index contributed by atoms with van der Waals surface area (Å²) >= 11 is 0. The Balaban J connectivity index is 1.46. The highest BCUT2D eigenvalue weighted by Gasteiger charge is 2.21.